The van der Waals surface area contributed by atoms with Crippen molar-refractivity contribution in [2.24, 2.45) is 0 Å². The third kappa shape index (κ3) is 3.17. The van der Waals surface area contributed by atoms with Gasteiger partial charge in [0.25, 0.3) is 5.91 Å². The average molecular weight is 298 g/mol. The van der Waals surface area contributed by atoms with E-state index in [1.807, 2.05) is 29.2 Å². The summed E-state index contributed by atoms with van der Waals surface area (Å²) in [6.45, 7) is 3.33. The van der Waals surface area contributed by atoms with Gasteiger partial charge in [-0.15, -0.1) is 0 Å². The highest BCUT2D eigenvalue weighted by molar-refractivity contribution is 5.95. The van der Waals surface area contributed by atoms with Gasteiger partial charge in [-0.25, -0.2) is 4.39 Å². The lowest BCUT2D eigenvalue weighted by Crippen LogP contribution is -2.47. The van der Waals surface area contributed by atoms with Crippen LogP contribution >= 0.6 is 0 Å². The molecule has 1 fully saturated rings. The molecule has 0 radical (unpaired) electrons. The van der Waals surface area contributed by atoms with Crippen LogP contribution in [0.5, 0.6) is 0 Å². The van der Waals surface area contributed by atoms with Crippen molar-refractivity contribution < 1.29 is 9.18 Å². The van der Waals surface area contributed by atoms with Gasteiger partial charge in [0.2, 0.25) is 0 Å². The van der Waals surface area contributed by atoms with Crippen LogP contribution in [0.3, 0.4) is 0 Å². The van der Waals surface area contributed by atoms with E-state index < -0.39 is 0 Å². The molecular formula is C18H19FN2O. The third-order valence-corrected chi connectivity index (χ3v) is 4.08. The van der Waals surface area contributed by atoms with E-state index in [-0.39, 0.29) is 11.7 Å². The number of carbonyl (C=O) groups is 1. The van der Waals surface area contributed by atoms with Crippen molar-refractivity contribution in [3.05, 3.63) is 59.9 Å². The molecule has 0 atom stereocenters. The largest absolute Gasteiger partial charge is 0.336 e. The van der Waals surface area contributed by atoms with Crippen LogP contribution in [0.1, 0.15) is 10.4 Å². The summed E-state index contributed by atoms with van der Waals surface area (Å²) in [5.74, 6) is -0.189. The second-order valence-electron chi connectivity index (χ2n) is 5.68. The summed E-state index contributed by atoms with van der Waals surface area (Å²) in [5, 5.41) is 0. The highest BCUT2D eigenvalue weighted by atomic mass is 19.1. The molecule has 0 spiro atoms. The molecule has 1 aliphatic rings. The molecule has 0 N–H and O–H groups in total. The van der Waals surface area contributed by atoms with Gasteiger partial charge in [-0.2, -0.15) is 0 Å². The summed E-state index contributed by atoms with van der Waals surface area (Å²) >= 11 is 0. The predicted molar refractivity (Wildman–Crippen MR) is 85.2 cm³/mol. The molecular weight excluding hydrogens is 279 g/mol. The second kappa shape index (κ2) is 6.28. The maximum Gasteiger partial charge on any atom is 0.253 e. The zero-order chi connectivity index (χ0) is 15.5. The average Bonchev–Trinajstić information content (AvgIpc) is 2.56. The Labute approximate surface area is 130 Å². The third-order valence-electron chi connectivity index (χ3n) is 4.08. The van der Waals surface area contributed by atoms with E-state index in [0.29, 0.717) is 5.56 Å². The van der Waals surface area contributed by atoms with Gasteiger partial charge in [-0.1, -0.05) is 24.3 Å². The van der Waals surface area contributed by atoms with E-state index in [1.165, 1.54) is 12.1 Å². The SMILES string of the molecule is CN1CCN(C(=O)c2cccc(-c3ccc(F)cc3)c2)CC1. The summed E-state index contributed by atoms with van der Waals surface area (Å²) in [7, 11) is 2.07. The Morgan fingerprint density at radius 2 is 1.64 bits per heavy atom. The molecule has 0 aromatic heterocycles. The normalized spacial score (nSPS) is 15.8. The lowest BCUT2D eigenvalue weighted by atomic mass is 10.0. The minimum Gasteiger partial charge on any atom is -0.336 e. The first-order valence-corrected chi connectivity index (χ1v) is 7.47. The summed E-state index contributed by atoms with van der Waals surface area (Å²) < 4.78 is 13.0. The van der Waals surface area contributed by atoms with E-state index in [2.05, 4.69) is 11.9 Å². The molecule has 1 saturated heterocycles. The van der Waals surface area contributed by atoms with E-state index in [9.17, 15) is 9.18 Å². The van der Waals surface area contributed by atoms with Crippen molar-refractivity contribution in [2.75, 3.05) is 33.2 Å². The van der Waals surface area contributed by atoms with E-state index in [0.717, 1.165) is 37.3 Å². The maximum absolute atomic E-state index is 13.0. The lowest BCUT2D eigenvalue weighted by Gasteiger charge is -2.32. The molecule has 22 heavy (non-hydrogen) atoms. The molecule has 4 heteroatoms. The van der Waals surface area contributed by atoms with Crippen LogP contribution in [0, 0.1) is 5.82 Å². The number of rotatable bonds is 2. The highest BCUT2D eigenvalue weighted by Crippen LogP contribution is 2.21. The first kappa shape index (κ1) is 14.7. The van der Waals surface area contributed by atoms with Gasteiger partial charge in [0, 0.05) is 31.7 Å². The number of halogens is 1. The molecule has 0 aliphatic carbocycles. The first-order chi connectivity index (χ1) is 10.6. The van der Waals surface area contributed by atoms with E-state index >= 15 is 0 Å². The highest BCUT2D eigenvalue weighted by Gasteiger charge is 2.20. The molecule has 0 bridgehead atoms. The summed E-state index contributed by atoms with van der Waals surface area (Å²) in [5.41, 5.74) is 2.53. The predicted octanol–water partition coefficient (Wildman–Crippen LogP) is 2.88. The van der Waals surface area contributed by atoms with Crippen LogP contribution in [0.2, 0.25) is 0 Å². The Balaban J connectivity index is 1.81. The second-order valence-corrected chi connectivity index (χ2v) is 5.68. The molecule has 1 amide bonds. The van der Waals surface area contributed by atoms with Gasteiger partial charge in [-0.3, -0.25) is 4.79 Å². The van der Waals surface area contributed by atoms with Crippen LogP contribution in [0.25, 0.3) is 11.1 Å². The Hall–Kier alpha value is -2.20. The molecule has 2 aromatic carbocycles. The van der Waals surface area contributed by atoms with Crippen LogP contribution < -0.4 is 0 Å². The fraction of sp³-hybridized carbons (Fsp3) is 0.278. The topological polar surface area (TPSA) is 23.6 Å². The van der Waals surface area contributed by atoms with Crippen LogP contribution in [0.4, 0.5) is 4.39 Å². The number of hydrogen-bond donors (Lipinski definition) is 0. The van der Waals surface area contributed by atoms with Gasteiger partial charge in [0.15, 0.2) is 0 Å². The summed E-state index contributed by atoms with van der Waals surface area (Å²) in [6, 6.07) is 13.9. The zero-order valence-corrected chi connectivity index (χ0v) is 12.6. The number of piperazine rings is 1. The maximum atomic E-state index is 13.0. The van der Waals surface area contributed by atoms with Gasteiger partial charge in [0.1, 0.15) is 5.82 Å². The van der Waals surface area contributed by atoms with Gasteiger partial charge in [-0.05, 0) is 42.4 Å². The molecule has 2 aromatic rings. The molecule has 3 nitrogen and oxygen atoms in total. The number of likely N-dealkylation sites (N-methyl/N-ethyl adjacent to an activating group) is 1. The van der Waals surface area contributed by atoms with Crippen molar-refractivity contribution in [1.82, 2.24) is 9.80 Å². The monoisotopic (exact) mass is 298 g/mol. The summed E-state index contributed by atoms with van der Waals surface area (Å²) in [6.07, 6.45) is 0. The van der Waals surface area contributed by atoms with Gasteiger partial charge in [0.05, 0.1) is 0 Å². The molecule has 114 valence electrons. The fourth-order valence-electron chi connectivity index (χ4n) is 2.67. The number of carbonyl (C=O) groups excluding carboxylic acids is 1. The first-order valence-electron chi connectivity index (χ1n) is 7.47. The Kier molecular flexibility index (Phi) is 4.20. The minimum atomic E-state index is -0.256. The Bertz CT molecular complexity index is 661. The Morgan fingerprint density at radius 3 is 2.32 bits per heavy atom. The standard InChI is InChI=1S/C18H19FN2O/c1-20-9-11-21(12-10-20)18(22)16-4-2-3-15(13-16)14-5-7-17(19)8-6-14/h2-8,13H,9-12H2,1H3. The van der Waals surface area contributed by atoms with Gasteiger partial charge >= 0.3 is 0 Å². The van der Waals surface area contributed by atoms with Gasteiger partial charge < -0.3 is 9.80 Å². The number of nitrogens with zero attached hydrogens (tertiary/aromatic N) is 2. The number of amides is 1. The molecule has 0 unspecified atom stereocenters. The van der Waals surface area contributed by atoms with Crippen molar-refractivity contribution in [3.8, 4) is 11.1 Å². The smallest absolute Gasteiger partial charge is 0.253 e. The molecule has 3 rings (SSSR count). The molecule has 1 heterocycles. The molecule has 0 saturated carbocycles. The van der Waals surface area contributed by atoms with E-state index in [1.54, 1.807) is 12.1 Å². The van der Waals surface area contributed by atoms with Crippen LogP contribution in [0.15, 0.2) is 48.5 Å². The van der Waals surface area contributed by atoms with Crippen molar-refractivity contribution in [1.29, 1.82) is 0 Å². The number of hydrogen-bond acceptors (Lipinski definition) is 2. The molecule has 1 aliphatic heterocycles. The zero-order valence-electron chi connectivity index (χ0n) is 12.6. The fourth-order valence-corrected chi connectivity index (χ4v) is 2.67. The van der Waals surface area contributed by atoms with E-state index in [4.69, 9.17) is 0 Å². The van der Waals surface area contributed by atoms with Crippen molar-refractivity contribution >= 4 is 5.91 Å². The van der Waals surface area contributed by atoms with Crippen LogP contribution in [-0.4, -0.2) is 48.9 Å². The van der Waals surface area contributed by atoms with Crippen molar-refractivity contribution in [3.63, 3.8) is 0 Å². The van der Waals surface area contributed by atoms with Crippen molar-refractivity contribution in [2.45, 2.75) is 0 Å². The Morgan fingerprint density at radius 1 is 0.955 bits per heavy atom. The lowest BCUT2D eigenvalue weighted by molar-refractivity contribution is 0.0664. The quantitative estimate of drug-likeness (QED) is 0.851. The summed E-state index contributed by atoms with van der Waals surface area (Å²) in [4.78, 5) is 16.7. The van der Waals surface area contributed by atoms with Crippen LogP contribution in [-0.2, 0) is 0 Å². The number of benzene rings is 2. The minimum absolute atomic E-state index is 0.0667.